The van der Waals surface area contributed by atoms with E-state index in [1.54, 1.807) is 18.4 Å². The van der Waals surface area contributed by atoms with Gasteiger partial charge in [-0.3, -0.25) is 4.79 Å². The normalized spacial score (nSPS) is 12.4. The highest BCUT2D eigenvalue weighted by Gasteiger charge is 2.20. The van der Waals surface area contributed by atoms with Crippen molar-refractivity contribution in [2.45, 2.75) is 39.2 Å². The molecule has 0 spiro atoms. The van der Waals surface area contributed by atoms with E-state index in [1.807, 2.05) is 24.3 Å². The summed E-state index contributed by atoms with van der Waals surface area (Å²) >= 11 is 1.21. The Morgan fingerprint density at radius 1 is 1.12 bits per heavy atom. The minimum atomic E-state index is -0.703. The number of carbonyl (C=O) groups is 2. The summed E-state index contributed by atoms with van der Waals surface area (Å²) in [5, 5.41) is 4.43. The molecule has 25 heavy (non-hydrogen) atoms. The van der Waals surface area contributed by atoms with E-state index in [9.17, 15) is 9.59 Å². The van der Waals surface area contributed by atoms with Gasteiger partial charge in [0.2, 0.25) is 0 Å². The highest BCUT2D eigenvalue weighted by molar-refractivity contribution is 7.12. The van der Waals surface area contributed by atoms with Crippen LogP contribution in [0, 0.1) is 0 Å². The van der Waals surface area contributed by atoms with Crippen LogP contribution in [0.1, 0.15) is 42.9 Å². The van der Waals surface area contributed by atoms with Crippen molar-refractivity contribution in [3.63, 3.8) is 0 Å². The lowest BCUT2D eigenvalue weighted by molar-refractivity contribution is -0.122. The van der Waals surface area contributed by atoms with Crippen LogP contribution in [0.5, 0.6) is 5.75 Å². The maximum atomic E-state index is 12.3. The van der Waals surface area contributed by atoms with Crippen molar-refractivity contribution in [1.82, 2.24) is 0 Å². The lowest BCUT2D eigenvalue weighted by Crippen LogP contribution is -2.30. The number of thiophene rings is 1. The third-order valence-electron chi connectivity index (χ3n) is 3.70. The van der Waals surface area contributed by atoms with E-state index in [4.69, 9.17) is 9.47 Å². The molecule has 0 saturated carbocycles. The standard InChI is InChI=1S/C19H23NO4S/c1-12(24-14-8-6-13(7-9-14)19(2,3)4)17(21)20-15-10-11-25-16(15)18(22)23-5/h6-12H,1-5H3,(H,20,21). The number of rotatable bonds is 5. The number of nitrogens with one attached hydrogen (secondary N) is 1. The van der Waals surface area contributed by atoms with Gasteiger partial charge in [-0.1, -0.05) is 32.9 Å². The molecule has 0 aliphatic rings. The second-order valence-electron chi connectivity index (χ2n) is 6.68. The summed E-state index contributed by atoms with van der Waals surface area (Å²) < 4.78 is 10.4. The van der Waals surface area contributed by atoms with Gasteiger partial charge in [0.15, 0.2) is 6.10 Å². The molecule has 0 bridgehead atoms. The Kier molecular flexibility index (Phi) is 5.85. The van der Waals surface area contributed by atoms with Gasteiger partial charge >= 0.3 is 5.97 Å². The van der Waals surface area contributed by atoms with E-state index in [0.717, 1.165) is 0 Å². The fourth-order valence-electron chi connectivity index (χ4n) is 2.18. The van der Waals surface area contributed by atoms with Crippen LogP contribution in [0.15, 0.2) is 35.7 Å². The van der Waals surface area contributed by atoms with Crippen molar-refractivity contribution in [3.05, 3.63) is 46.2 Å². The molecule has 1 N–H and O–H groups in total. The van der Waals surface area contributed by atoms with Crippen molar-refractivity contribution in [1.29, 1.82) is 0 Å². The molecule has 1 amide bonds. The number of hydrogen-bond acceptors (Lipinski definition) is 5. The first-order valence-electron chi connectivity index (χ1n) is 7.96. The number of ether oxygens (including phenoxy) is 2. The van der Waals surface area contributed by atoms with E-state index < -0.39 is 12.1 Å². The summed E-state index contributed by atoms with van der Waals surface area (Å²) in [6, 6.07) is 9.37. The number of amides is 1. The molecule has 0 aliphatic carbocycles. The van der Waals surface area contributed by atoms with Crippen LogP contribution in [0.4, 0.5) is 5.69 Å². The van der Waals surface area contributed by atoms with Gasteiger partial charge in [-0.15, -0.1) is 11.3 Å². The van der Waals surface area contributed by atoms with E-state index in [0.29, 0.717) is 16.3 Å². The molecule has 0 fully saturated rings. The molecule has 6 heteroatoms. The molecule has 134 valence electrons. The van der Waals surface area contributed by atoms with Gasteiger partial charge in [-0.25, -0.2) is 4.79 Å². The quantitative estimate of drug-likeness (QED) is 0.809. The van der Waals surface area contributed by atoms with Gasteiger partial charge in [0.1, 0.15) is 10.6 Å². The molecule has 1 unspecified atom stereocenters. The van der Waals surface area contributed by atoms with E-state index in [1.165, 1.54) is 24.0 Å². The zero-order valence-electron chi connectivity index (χ0n) is 15.1. The van der Waals surface area contributed by atoms with Gasteiger partial charge in [0.25, 0.3) is 5.91 Å². The number of hydrogen-bond donors (Lipinski definition) is 1. The van der Waals surface area contributed by atoms with Crippen LogP contribution in [-0.2, 0) is 14.9 Å². The lowest BCUT2D eigenvalue weighted by Gasteiger charge is -2.20. The zero-order chi connectivity index (χ0) is 18.6. The Labute approximate surface area is 152 Å². The van der Waals surface area contributed by atoms with Gasteiger partial charge in [-0.05, 0) is 41.5 Å². The number of methoxy groups -OCH3 is 1. The average molecular weight is 361 g/mol. The largest absolute Gasteiger partial charge is 0.481 e. The SMILES string of the molecule is COC(=O)c1sccc1NC(=O)C(C)Oc1ccc(C(C)(C)C)cc1. The molecule has 1 aromatic carbocycles. The van der Waals surface area contributed by atoms with Gasteiger partial charge < -0.3 is 14.8 Å². The average Bonchev–Trinajstić information content (AvgIpc) is 3.01. The number of anilines is 1. The second-order valence-corrected chi connectivity index (χ2v) is 7.59. The van der Waals surface area contributed by atoms with Gasteiger partial charge in [0.05, 0.1) is 12.8 Å². The number of benzene rings is 1. The molecule has 5 nitrogen and oxygen atoms in total. The van der Waals surface area contributed by atoms with E-state index in [-0.39, 0.29) is 11.3 Å². The maximum Gasteiger partial charge on any atom is 0.350 e. The minimum Gasteiger partial charge on any atom is -0.481 e. The Balaban J connectivity index is 2.01. The summed E-state index contributed by atoms with van der Waals surface area (Å²) in [6.07, 6.45) is -0.703. The number of esters is 1. The second kappa shape index (κ2) is 7.70. The highest BCUT2D eigenvalue weighted by Crippen LogP contribution is 2.26. The molecule has 0 aliphatic heterocycles. The number of carbonyl (C=O) groups excluding carboxylic acids is 2. The van der Waals surface area contributed by atoms with E-state index in [2.05, 4.69) is 26.1 Å². The first-order valence-corrected chi connectivity index (χ1v) is 8.84. The van der Waals surface area contributed by atoms with Crippen LogP contribution in [0.2, 0.25) is 0 Å². The van der Waals surface area contributed by atoms with Crippen molar-refractivity contribution in [2.24, 2.45) is 0 Å². The third kappa shape index (κ3) is 4.82. The Bertz CT molecular complexity index is 744. The van der Waals surface area contributed by atoms with Crippen molar-refractivity contribution in [2.75, 3.05) is 12.4 Å². The topological polar surface area (TPSA) is 64.6 Å². The molecule has 1 aromatic heterocycles. The Morgan fingerprint density at radius 2 is 1.76 bits per heavy atom. The summed E-state index contributed by atoms with van der Waals surface area (Å²) in [5.74, 6) is -0.186. The molecule has 2 aromatic rings. The van der Waals surface area contributed by atoms with Crippen LogP contribution in [-0.4, -0.2) is 25.1 Å². The molecule has 1 atom stereocenters. The predicted molar refractivity (Wildman–Crippen MR) is 99.5 cm³/mol. The van der Waals surface area contributed by atoms with Gasteiger partial charge in [-0.2, -0.15) is 0 Å². The van der Waals surface area contributed by atoms with Crippen molar-refractivity contribution < 1.29 is 19.1 Å². The monoisotopic (exact) mass is 361 g/mol. The summed E-state index contributed by atoms with van der Waals surface area (Å²) in [6.45, 7) is 8.08. The lowest BCUT2D eigenvalue weighted by atomic mass is 9.87. The summed E-state index contributed by atoms with van der Waals surface area (Å²) in [7, 11) is 1.31. The Morgan fingerprint density at radius 3 is 2.32 bits per heavy atom. The maximum absolute atomic E-state index is 12.3. The molecule has 1 heterocycles. The molecule has 2 rings (SSSR count). The van der Waals surface area contributed by atoms with Crippen molar-refractivity contribution >= 4 is 28.9 Å². The van der Waals surface area contributed by atoms with Crippen LogP contribution >= 0.6 is 11.3 Å². The first kappa shape index (κ1) is 19.0. The summed E-state index contributed by atoms with van der Waals surface area (Å²) in [4.78, 5) is 24.3. The third-order valence-corrected chi connectivity index (χ3v) is 4.59. The predicted octanol–water partition coefficient (Wildman–Crippen LogP) is 4.24. The van der Waals surface area contributed by atoms with Crippen LogP contribution < -0.4 is 10.1 Å². The fourth-order valence-corrected chi connectivity index (χ4v) is 2.95. The minimum absolute atomic E-state index is 0.0603. The first-order chi connectivity index (χ1) is 11.7. The summed E-state index contributed by atoms with van der Waals surface area (Å²) in [5.41, 5.74) is 1.68. The fraction of sp³-hybridized carbons (Fsp3) is 0.368. The van der Waals surface area contributed by atoms with Crippen molar-refractivity contribution in [3.8, 4) is 5.75 Å². The molecular formula is C19H23NO4S. The zero-order valence-corrected chi connectivity index (χ0v) is 15.9. The van der Waals surface area contributed by atoms with Crippen LogP contribution in [0.25, 0.3) is 0 Å². The smallest absolute Gasteiger partial charge is 0.350 e. The molecular weight excluding hydrogens is 338 g/mol. The van der Waals surface area contributed by atoms with Gasteiger partial charge in [0, 0.05) is 0 Å². The van der Waals surface area contributed by atoms with E-state index >= 15 is 0 Å². The molecule has 0 radical (unpaired) electrons. The Hall–Kier alpha value is -2.34. The van der Waals surface area contributed by atoms with Crippen LogP contribution in [0.3, 0.4) is 0 Å². The molecule has 0 saturated heterocycles. The highest BCUT2D eigenvalue weighted by atomic mass is 32.1.